The second-order valence-corrected chi connectivity index (χ2v) is 6.76. The molecule has 1 fully saturated rings. The zero-order valence-corrected chi connectivity index (χ0v) is 11.4. The average molecular weight is 293 g/mol. The zero-order valence-electron chi connectivity index (χ0n) is 9.86. The Morgan fingerprint density at radius 3 is 2.72 bits per heavy atom. The van der Waals surface area contributed by atoms with Crippen LogP contribution in [0.5, 0.6) is 0 Å². The standard InChI is InChI=1S/C11H14ClFN2O2S/c1-7-4-11(9(12)5-10(7)13)18(16,17)15-3-2-8(14)6-15/h4-5,8H,2-3,6,14H2,1H3. The van der Waals surface area contributed by atoms with Crippen LogP contribution in [0.1, 0.15) is 12.0 Å². The van der Waals surface area contributed by atoms with E-state index in [0.717, 1.165) is 6.07 Å². The lowest BCUT2D eigenvalue weighted by Crippen LogP contribution is -2.32. The van der Waals surface area contributed by atoms with E-state index in [9.17, 15) is 12.8 Å². The number of nitrogens with zero attached hydrogens (tertiary/aromatic N) is 1. The Hall–Kier alpha value is -0.690. The van der Waals surface area contributed by atoms with Crippen molar-refractivity contribution < 1.29 is 12.8 Å². The molecule has 1 aromatic rings. The highest BCUT2D eigenvalue weighted by Gasteiger charge is 2.32. The van der Waals surface area contributed by atoms with Crippen LogP contribution in [0, 0.1) is 12.7 Å². The van der Waals surface area contributed by atoms with Crippen LogP contribution in [0.3, 0.4) is 0 Å². The quantitative estimate of drug-likeness (QED) is 0.899. The fourth-order valence-electron chi connectivity index (χ4n) is 1.94. The highest BCUT2D eigenvalue weighted by atomic mass is 35.5. The summed E-state index contributed by atoms with van der Waals surface area (Å²) in [7, 11) is -3.69. The lowest BCUT2D eigenvalue weighted by atomic mass is 10.2. The predicted octanol–water partition coefficient (Wildman–Crippen LogP) is 1.51. The number of halogens is 2. The zero-order chi connectivity index (χ0) is 13.5. The van der Waals surface area contributed by atoms with Crippen molar-refractivity contribution in [3.05, 3.63) is 28.5 Å². The molecule has 1 saturated heterocycles. The lowest BCUT2D eigenvalue weighted by molar-refractivity contribution is 0.472. The van der Waals surface area contributed by atoms with Gasteiger partial charge in [-0.05, 0) is 31.0 Å². The summed E-state index contributed by atoms with van der Waals surface area (Å²) in [5, 5.41) is -0.0985. The number of benzene rings is 1. The molecule has 4 nitrogen and oxygen atoms in total. The van der Waals surface area contributed by atoms with Crippen molar-refractivity contribution in [3.63, 3.8) is 0 Å². The van der Waals surface area contributed by atoms with E-state index in [1.807, 2.05) is 0 Å². The summed E-state index contributed by atoms with van der Waals surface area (Å²) >= 11 is 5.82. The molecule has 0 saturated carbocycles. The number of sulfonamides is 1. The fraction of sp³-hybridized carbons (Fsp3) is 0.455. The average Bonchev–Trinajstić information content (AvgIpc) is 2.70. The van der Waals surface area contributed by atoms with Crippen molar-refractivity contribution in [1.82, 2.24) is 4.31 Å². The Morgan fingerprint density at radius 2 is 2.17 bits per heavy atom. The van der Waals surface area contributed by atoms with Crippen LogP contribution in [0.4, 0.5) is 4.39 Å². The summed E-state index contributed by atoms with van der Waals surface area (Å²) in [6.45, 7) is 2.14. The first-order valence-corrected chi connectivity index (χ1v) is 7.35. The molecular formula is C11H14ClFN2O2S. The van der Waals surface area contributed by atoms with Crippen molar-refractivity contribution in [1.29, 1.82) is 0 Å². The molecule has 100 valence electrons. The number of aryl methyl sites for hydroxylation is 1. The number of hydrogen-bond donors (Lipinski definition) is 1. The maximum Gasteiger partial charge on any atom is 0.244 e. The van der Waals surface area contributed by atoms with Crippen LogP contribution in [-0.2, 0) is 10.0 Å². The molecule has 7 heteroatoms. The first-order valence-electron chi connectivity index (χ1n) is 5.53. The van der Waals surface area contributed by atoms with Crippen molar-refractivity contribution in [3.8, 4) is 0 Å². The van der Waals surface area contributed by atoms with Crippen LogP contribution < -0.4 is 5.73 Å². The highest BCUT2D eigenvalue weighted by molar-refractivity contribution is 7.89. The van der Waals surface area contributed by atoms with Gasteiger partial charge in [0.1, 0.15) is 10.7 Å². The Balaban J connectivity index is 2.45. The summed E-state index contributed by atoms with van der Waals surface area (Å²) in [6.07, 6.45) is 0.622. The van der Waals surface area contributed by atoms with Gasteiger partial charge < -0.3 is 5.73 Å². The molecule has 2 N–H and O–H groups in total. The first kappa shape index (κ1) is 13.7. The van der Waals surface area contributed by atoms with Gasteiger partial charge in [-0.2, -0.15) is 4.31 Å². The Morgan fingerprint density at radius 1 is 1.50 bits per heavy atom. The third kappa shape index (κ3) is 2.38. The Labute approximate surface area is 111 Å². The third-order valence-electron chi connectivity index (χ3n) is 3.02. The van der Waals surface area contributed by atoms with E-state index in [1.54, 1.807) is 0 Å². The summed E-state index contributed by atoms with van der Waals surface area (Å²) < 4.78 is 39.2. The molecule has 0 radical (unpaired) electrons. The molecule has 18 heavy (non-hydrogen) atoms. The van der Waals surface area contributed by atoms with Gasteiger partial charge in [0.05, 0.1) is 5.02 Å². The summed E-state index contributed by atoms with van der Waals surface area (Å²) in [4.78, 5) is -0.0582. The van der Waals surface area contributed by atoms with Gasteiger partial charge in [-0.1, -0.05) is 11.6 Å². The largest absolute Gasteiger partial charge is 0.326 e. The molecule has 1 heterocycles. The van der Waals surface area contributed by atoms with Gasteiger partial charge in [0.25, 0.3) is 0 Å². The molecule has 0 bridgehead atoms. The van der Waals surface area contributed by atoms with Crippen LogP contribution in [0.2, 0.25) is 5.02 Å². The summed E-state index contributed by atoms with van der Waals surface area (Å²) in [5.74, 6) is -0.517. The van der Waals surface area contributed by atoms with Crippen LogP contribution >= 0.6 is 11.6 Å². The topological polar surface area (TPSA) is 63.4 Å². The van der Waals surface area contributed by atoms with Gasteiger partial charge in [-0.25, -0.2) is 12.8 Å². The first-order chi connectivity index (χ1) is 8.32. The minimum atomic E-state index is -3.69. The van der Waals surface area contributed by atoms with Gasteiger partial charge in [0.2, 0.25) is 10.0 Å². The van der Waals surface area contributed by atoms with E-state index in [-0.39, 0.29) is 28.1 Å². The summed E-state index contributed by atoms with van der Waals surface area (Å²) in [5.41, 5.74) is 5.94. The molecule has 0 aromatic heterocycles. The lowest BCUT2D eigenvalue weighted by Gasteiger charge is -2.17. The van der Waals surface area contributed by atoms with Gasteiger partial charge in [0, 0.05) is 19.1 Å². The fourth-order valence-corrected chi connectivity index (χ4v) is 4.03. The Kier molecular flexibility index (Phi) is 3.64. The smallest absolute Gasteiger partial charge is 0.244 e. The normalized spacial score (nSPS) is 21.4. The highest BCUT2D eigenvalue weighted by Crippen LogP contribution is 2.29. The minimum absolute atomic E-state index is 0.0582. The van der Waals surface area contributed by atoms with Crippen LogP contribution in [0.25, 0.3) is 0 Å². The molecule has 0 amide bonds. The third-order valence-corrected chi connectivity index (χ3v) is 5.35. The van der Waals surface area contributed by atoms with Crippen LogP contribution in [0.15, 0.2) is 17.0 Å². The van der Waals surface area contributed by atoms with E-state index in [2.05, 4.69) is 0 Å². The maximum absolute atomic E-state index is 13.3. The predicted molar refractivity (Wildman–Crippen MR) is 67.5 cm³/mol. The van der Waals surface area contributed by atoms with Crippen LogP contribution in [-0.4, -0.2) is 31.9 Å². The SMILES string of the molecule is Cc1cc(S(=O)(=O)N2CCC(N)C2)c(Cl)cc1F. The molecule has 2 rings (SSSR count). The Bertz CT molecular complexity index is 577. The van der Waals surface area contributed by atoms with Gasteiger partial charge >= 0.3 is 0 Å². The maximum atomic E-state index is 13.3. The van der Waals surface area contributed by atoms with E-state index in [0.29, 0.717) is 13.0 Å². The van der Waals surface area contributed by atoms with Gasteiger partial charge in [0.15, 0.2) is 0 Å². The molecule has 0 spiro atoms. The van der Waals surface area contributed by atoms with E-state index >= 15 is 0 Å². The van der Waals surface area contributed by atoms with E-state index < -0.39 is 15.8 Å². The molecule has 0 aliphatic carbocycles. The van der Waals surface area contributed by atoms with Gasteiger partial charge in [-0.15, -0.1) is 0 Å². The van der Waals surface area contributed by atoms with Gasteiger partial charge in [-0.3, -0.25) is 0 Å². The minimum Gasteiger partial charge on any atom is -0.326 e. The monoisotopic (exact) mass is 292 g/mol. The van der Waals surface area contributed by atoms with E-state index in [4.69, 9.17) is 17.3 Å². The molecule has 1 aromatic carbocycles. The van der Waals surface area contributed by atoms with Crippen molar-refractivity contribution in [2.45, 2.75) is 24.3 Å². The molecular weight excluding hydrogens is 279 g/mol. The summed E-state index contributed by atoms with van der Waals surface area (Å²) in [6, 6.07) is 2.14. The second-order valence-electron chi connectivity index (χ2n) is 4.44. The molecule has 1 aliphatic heterocycles. The van der Waals surface area contributed by atoms with E-state index in [1.165, 1.54) is 17.3 Å². The number of rotatable bonds is 2. The van der Waals surface area contributed by atoms with Crippen molar-refractivity contribution in [2.24, 2.45) is 5.73 Å². The number of nitrogens with two attached hydrogens (primary N) is 1. The molecule has 1 unspecified atom stereocenters. The number of hydrogen-bond acceptors (Lipinski definition) is 3. The molecule has 1 aliphatic rings. The van der Waals surface area contributed by atoms with Crippen molar-refractivity contribution in [2.75, 3.05) is 13.1 Å². The second kappa shape index (κ2) is 4.77. The molecule has 1 atom stereocenters. The van der Waals surface area contributed by atoms with Crippen molar-refractivity contribution >= 4 is 21.6 Å².